The minimum absolute atomic E-state index is 0. The molecule has 1 amide bonds. The number of hydrogen-bond donors (Lipinski definition) is 2. The summed E-state index contributed by atoms with van der Waals surface area (Å²) in [7, 11) is 1.92. The standard InChI is InChI=1S/C15H25N3O.ClH/c1-11-6-7-12(18(11)4)14(19)17-10-13-15(2,3)8-5-9-16-13;/h6-7,13,16H,5,8-10H2,1-4H3,(H,17,19);1H. The maximum absolute atomic E-state index is 12.2. The molecule has 1 aliphatic heterocycles. The zero-order valence-electron chi connectivity index (χ0n) is 12.8. The van der Waals surface area contributed by atoms with E-state index in [1.54, 1.807) is 0 Å². The first-order chi connectivity index (χ1) is 8.92. The van der Waals surface area contributed by atoms with Gasteiger partial charge in [0.05, 0.1) is 0 Å². The molecule has 0 spiro atoms. The van der Waals surface area contributed by atoms with Crippen LogP contribution in [0.5, 0.6) is 0 Å². The number of nitrogens with one attached hydrogen (secondary N) is 2. The van der Waals surface area contributed by atoms with Crippen LogP contribution in [-0.2, 0) is 7.05 Å². The minimum atomic E-state index is 0. The molecule has 0 bridgehead atoms. The molecular weight excluding hydrogens is 274 g/mol. The number of rotatable bonds is 3. The Morgan fingerprint density at radius 2 is 2.20 bits per heavy atom. The Kier molecular flexibility index (Phi) is 5.66. The second-order valence-corrected chi connectivity index (χ2v) is 6.23. The lowest BCUT2D eigenvalue weighted by Gasteiger charge is -2.39. The van der Waals surface area contributed by atoms with E-state index >= 15 is 0 Å². The van der Waals surface area contributed by atoms with Crippen molar-refractivity contribution in [3.63, 3.8) is 0 Å². The van der Waals surface area contributed by atoms with Crippen molar-refractivity contribution in [2.45, 2.75) is 39.7 Å². The van der Waals surface area contributed by atoms with Crippen LogP contribution in [0.1, 0.15) is 42.9 Å². The Hall–Kier alpha value is -1.00. The first-order valence-corrected chi connectivity index (χ1v) is 7.06. The number of aryl methyl sites for hydroxylation is 1. The Labute approximate surface area is 127 Å². The number of piperidine rings is 1. The van der Waals surface area contributed by atoms with Crippen LogP contribution in [0.4, 0.5) is 0 Å². The summed E-state index contributed by atoms with van der Waals surface area (Å²) in [6, 6.07) is 4.20. The highest BCUT2D eigenvalue weighted by Gasteiger charge is 2.32. The molecular formula is C15H26ClN3O. The lowest BCUT2D eigenvalue weighted by atomic mass is 9.77. The second-order valence-electron chi connectivity index (χ2n) is 6.23. The highest BCUT2D eigenvalue weighted by Crippen LogP contribution is 2.29. The fourth-order valence-electron chi connectivity index (χ4n) is 2.75. The molecule has 1 saturated heterocycles. The Morgan fingerprint density at radius 1 is 1.50 bits per heavy atom. The average Bonchev–Trinajstić information content (AvgIpc) is 2.68. The zero-order chi connectivity index (χ0) is 14.0. The lowest BCUT2D eigenvalue weighted by Crippen LogP contribution is -2.52. The smallest absolute Gasteiger partial charge is 0.267 e. The van der Waals surface area contributed by atoms with Gasteiger partial charge in [-0.05, 0) is 43.9 Å². The quantitative estimate of drug-likeness (QED) is 0.899. The van der Waals surface area contributed by atoms with Crippen LogP contribution in [0.15, 0.2) is 12.1 Å². The number of aromatic nitrogens is 1. The van der Waals surface area contributed by atoms with Gasteiger partial charge in [-0.1, -0.05) is 13.8 Å². The molecule has 4 nitrogen and oxygen atoms in total. The highest BCUT2D eigenvalue weighted by atomic mass is 35.5. The summed E-state index contributed by atoms with van der Waals surface area (Å²) in [6.45, 7) is 8.27. The molecule has 1 aliphatic rings. The third-order valence-electron chi connectivity index (χ3n) is 4.40. The first kappa shape index (κ1) is 17.1. The van der Waals surface area contributed by atoms with E-state index in [2.05, 4.69) is 24.5 Å². The van der Waals surface area contributed by atoms with Crippen LogP contribution in [0, 0.1) is 12.3 Å². The van der Waals surface area contributed by atoms with Gasteiger partial charge in [0.2, 0.25) is 0 Å². The van der Waals surface area contributed by atoms with Crippen LogP contribution in [-0.4, -0.2) is 29.6 Å². The monoisotopic (exact) mass is 299 g/mol. The lowest BCUT2D eigenvalue weighted by molar-refractivity contribution is 0.0920. The summed E-state index contributed by atoms with van der Waals surface area (Å²) < 4.78 is 1.93. The first-order valence-electron chi connectivity index (χ1n) is 7.06. The molecule has 5 heteroatoms. The van der Waals surface area contributed by atoms with Crippen LogP contribution in [0.3, 0.4) is 0 Å². The predicted octanol–water partition coefficient (Wildman–Crippen LogP) is 2.26. The van der Waals surface area contributed by atoms with E-state index in [0.717, 1.165) is 17.9 Å². The van der Waals surface area contributed by atoms with E-state index in [1.165, 1.54) is 12.8 Å². The third-order valence-corrected chi connectivity index (χ3v) is 4.40. The third kappa shape index (κ3) is 3.55. The van der Waals surface area contributed by atoms with Gasteiger partial charge >= 0.3 is 0 Å². The number of carbonyl (C=O) groups is 1. The zero-order valence-corrected chi connectivity index (χ0v) is 13.6. The average molecular weight is 300 g/mol. The fraction of sp³-hybridized carbons (Fsp3) is 0.667. The molecule has 2 rings (SSSR count). The molecule has 2 N–H and O–H groups in total. The minimum Gasteiger partial charge on any atom is -0.349 e. The van der Waals surface area contributed by atoms with Gasteiger partial charge in [-0.2, -0.15) is 0 Å². The summed E-state index contributed by atoms with van der Waals surface area (Å²) >= 11 is 0. The van der Waals surface area contributed by atoms with Gasteiger partial charge in [-0.3, -0.25) is 4.79 Å². The molecule has 1 aromatic rings. The van der Waals surface area contributed by atoms with Gasteiger partial charge in [-0.15, -0.1) is 12.4 Å². The summed E-state index contributed by atoms with van der Waals surface area (Å²) in [5, 5.41) is 6.57. The van der Waals surface area contributed by atoms with Crippen molar-refractivity contribution in [3.8, 4) is 0 Å². The number of carbonyl (C=O) groups excluding carboxylic acids is 1. The van der Waals surface area contributed by atoms with E-state index in [9.17, 15) is 4.79 Å². The maximum Gasteiger partial charge on any atom is 0.267 e. The van der Waals surface area contributed by atoms with Gasteiger partial charge in [-0.25, -0.2) is 0 Å². The van der Waals surface area contributed by atoms with Crippen LogP contribution in [0.2, 0.25) is 0 Å². The van der Waals surface area contributed by atoms with Crippen molar-refractivity contribution in [2.24, 2.45) is 12.5 Å². The number of nitrogens with zero attached hydrogens (tertiary/aromatic N) is 1. The van der Waals surface area contributed by atoms with Crippen molar-refractivity contribution < 1.29 is 4.79 Å². The van der Waals surface area contributed by atoms with Crippen molar-refractivity contribution in [1.29, 1.82) is 0 Å². The van der Waals surface area contributed by atoms with Gasteiger partial charge in [0.15, 0.2) is 0 Å². The molecule has 0 aromatic carbocycles. The topological polar surface area (TPSA) is 46.1 Å². The van der Waals surface area contributed by atoms with Gasteiger partial charge in [0.1, 0.15) is 5.69 Å². The summed E-state index contributed by atoms with van der Waals surface area (Å²) in [5.74, 6) is 0.0128. The van der Waals surface area contributed by atoms with E-state index < -0.39 is 0 Å². The number of amides is 1. The Morgan fingerprint density at radius 3 is 2.75 bits per heavy atom. The van der Waals surface area contributed by atoms with Crippen molar-refractivity contribution in [3.05, 3.63) is 23.5 Å². The Balaban J connectivity index is 0.00000200. The van der Waals surface area contributed by atoms with Gasteiger partial charge in [0.25, 0.3) is 5.91 Å². The summed E-state index contributed by atoms with van der Waals surface area (Å²) in [4.78, 5) is 12.2. The summed E-state index contributed by atoms with van der Waals surface area (Å²) in [6.07, 6.45) is 2.43. The van der Waals surface area contributed by atoms with Crippen molar-refractivity contribution in [2.75, 3.05) is 13.1 Å². The molecule has 114 valence electrons. The molecule has 1 aromatic heterocycles. The molecule has 1 atom stereocenters. The van der Waals surface area contributed by atoms with E-state index in [0.29, 0.717) is 12.6 Å². The SMILES string of the molecule is Cc1ccc(C(=O)NCC2NCCCC2(C)C)n1C.Cl. The van der Waals surface area contributed by atoms with E-state index in [-0.39, 0.29) is 23.7 Å². The van der Waals surface area contributed by atoms with E-state index in [4.69, 9.17) is 0 Å². The summed E-state index contributed by atoms with van der Waals surface area (Å²) in [5.41, 5.74) is 2.07. The van der Waals surface area contributed by atoms with Crippen LogP contribution >= 0.6 is 12.4 Å². The van der Waals surface area contributed by atoms with Crippen LogP contribution in [0.25, 0.3) is 0 Å². The van der Waals surface area contributed by atoms with Crippen molar-refractivity contribution in [1.82, 2.24) is 15.2 Å². The fourth-order valence-corrected chi connectivity index (χ4v) is 2.75. The highest BCUT2D eigenvalue weighted by molar-refractivity contribution is 5.92. The largest absolute Gasteiger partial charge is 0.349 e. The number of hydrogen-bond acceptors (Lipinski definition) is 2. The molecule has 2 heterocycles. The molecule has 0 radical (unpaired) electrons. The normalized spacial score (nSPS) is 21.1. The Bertz CT molecular complexity index is 468. The van der Waals surface area contributed by atoms with E-state index in [1.807, 2.05) is 30.7 Å². The molecule has 0 aliphatic carbocycles. The second kappa shape index (κ2) is 6.64. The molecule has 20 heavy (non-hydrogen) atoms. The van der Waals surface area contributed by atoms with Crippen LogP contribution < -0.4 is 10.6 Å². The van der Waals surface area contributed by atoms with Gasteiger partial charge in [0, 0.05) is 25.3 Å². The predicted molar refractivity (Wildman–Crippen MR) is 84.5 cm³/mol. The molecule has 0 saturated carbocycles. The molecule has 1 unspecified atom stereocenters. The van der Waals surface area contributed by atoms with Gasteiger partial charge < -0.3 is 15.2 Å². The number of halogens is 1. The molecule has 1 fully saturated rings. The maximum atomic E-state index is 12.2. The van der Waals surface area contributed by atoms with Crippen molar-refractivity contribution >= 4 is 18.3 Å².